The number of halogens is 2. The number of methoxy groups -OCH3 is 2. The van der Waals surface area contributed by atoms with Crippen LogP contribution in [0.2, 0.25) is 10.0 Å². The van der Waals surface area contributed by atoms with Crippen molar-refractivity contribution in [3.8, 4) is 5.75 Å². The highest BCUT2D eigenvalue weighted by molar-refractivity contribution is 6.37. The van der Waals surface area contributed by atoms with E-state index in [0.717, 1.165) is 0 Å². The third kappa shape index (κ3) is 5.24. The number of carbonyl (C=O) groups is 1. The molecular formula is C12H15Cl2NO4. The van der Waals surface area contributed by atoms with Crippen molar-refractivity contribution < 1.29 is 19.0 Å². The molecule has 0 aromatic heterocycles. The molecule has 0 saturated carbocycles. The van der Waals surface area contributed by atoms with Crippen molar-refractivity contribution >= 4 is 34.8 Å². The van der Waals surface area contributed by atoms with Crippen molar-refractivity contribution in [2.45, 2.75) is 0 Å². The van der Waals surface area contributed by atoms with E-state index in [1.54, 1.807) is 19.2 Å². The minimum atomic E-state index is -0.298. The zero-order valence-corrected chi connectivity index (χ0v) is 12.2. The van der Waals surface area contributed by atoms with Crippen LogP contribution in [0.4, 0.5) is 5.69 Å². The number of amides is 1. The van der Waals surface area contributed by atoms with Crippen LogP contribution >= 0.6 is 23.2 Å². The molecule has 1 amide bonds. The average molecular weight is 308 g/mol. The van der Waals surface area contributed by atoms with E-state index in [2.05, 4.69) is 5.32 Å². The van der Waals surface area contributed by atoms with Gasteiger partial charge < -0.3 is 19.5 Å². The second-order valence-corrected chi connectivity index (χ2v) is 4.38. The Morgan fingerprint density at radius 2 is 1.84 bits per heavy atom. The molecule has 0 heterocycles. The maximum absolute atomic E-state index is 11.6. The van der Waals surface area contributed by atoms with Gasteiger partial charge in [-0.25, -0.2) is 0 Å². The monoisotopic (exact) mass is 307 g/mol. The smallest absolute Gasteiger partial charge is 0.250 e. The first-order chi connectivity index (χ1) is 9.08. The van der Waals surface area contributed by atoms with Crippen LogP contribution in [0.3, 0.4) is 0 Å². The second-order valence-electron chi connectivity index (χ2n) is 3.57. The third-order valence-corrected chi connectivity index (χ3v) is 2.71. The van der Waals surface area contributed by atoms with Crippen LogP contribution in [0.25, 0.3) is 0 Å². The minimum absolute atomic E-state index is 0.0649. The fourth-order valence-corrected chi connectivity index (χ4v) is 1.97. The summed E-state index contributed by atoms with van der Waals surface area (Å²) in [4.78, 5) is 11.6. The number of anilines is 1. The lowest BCUT2D eigenvalue weighted by Gasteiger charge is -2.10. The van der Waals surface area contributed by atoms with Gasteiger partial charge in [0.25, 0.3) is 0 Å². The van der Waals surface area contributed by atoms with Crippen LogP contribution in [-0.4, -0.2) is 39.9 Å². The topological polar surface area (TPSA) is 56.8 Å². The summed E-state index contributed by atoms with van der Waals surface area (Å²) in [5.74, 6) is 0.0751. The van der Waals surface area contributed by atoms with Crippen molar-refractivity contribution in [1.82, 2.24) is 0 Å². The highest BCUT2D eigenvalue weighted by atomic mass is 35.5. The predicted octanol–water partition coefficient (Wildman–Crippen LogP) is 2.60. The van der Waals surface area contributed by atoms with E-state index in [9.17, 15) is 4.79 Å². The van der Waals surface area contributed by atoms with Gasteiger partial charge in [0.15, 0.2) is 5.75 Å². The molecule has 1 rings (SSSR count). The van der Waals surface area contributed by atoms with Gasteiger partial charge in [0.2, 0.25) is 5.91 Å². The maximum Gasteiger partial charge on any atom is 0.250 e. The average Bonchev–Trinajstić information content (AvgIpc) is 2.34. The molecule has 0 aliphatic heterocycles. The van der Waals surface area contributed by atoms with E-state index in [1.807, 2.05) is 0 Å². The normalized spacial score (nSPS) is 10.3. The first-order valence-electron chi connectivity index (χ1n) is 5.48. The van der Waals surface area contributed by atoms with Crippen molar-refractivity contribution in [3.63, 3.8) is 0 Å². The highest BCUT2D eigenvalue weighted by Crippen LogP contribution is 2.35. The molecule has 0 bridgehead atoms. The zero-order valence-electron chi connectivity index (χ0n) is 10.7. The fourth-order valence-electron chi connectivity index (χ4n) is 1.33. The Kier molecular flexibility index (Phi) is 6.94. The van der Waals surface area contributed by atoms with Gasteiger partial charge in [-0.2, -0.15) is 0 Å². The lowest BCUT2D eigenvalue weighted by atomic mass is 10.3. The summed E-state index contributed by atoms with van der Waals surface area (Å²) in [5.41, 5.74) is 0.483. The molecule has 0 saturated heterocycles. The van der Waals surface area contributed by atoms with Crippen LogP contribution in [-0.2, 0) is 14.3 Å². The second kappa shape index (κ2) is 8.22. The number of hydrogen-bond acceptors (Lipinski definition) is 4. The Balaban J connectivity index is 2.55. The van der Waals surface area contributed by atoms with Crippen molar-refractivity contribution in [3.05, 3.63) is 22.2 Å². The van der Waals surface area contributed by atoms with Gasteiger partial charge in [-0.15, -0.1) is 0 Å². The highest BCUT2D eigenvalue weighted by Gasteiger charge is 2.10. The number of hydrogen-bond donors (Lipinski definition) is 1. The molecule has 0 spiro atoms. The maximum atomic E-state index is 11.6. The van der Waals surface area contributed by atoms with Gasteiger partial charge in [-0.05, 0) is 12.1 Å². The van der Waals surface area contributed by atoms with Crippen LogP contribution < -0.4 is 10.1 Å². The predicted molar refractivity (Wildman–Crippen MR) is 74.3 cm³/mol. The molecule has 0 atom stereocenters. The summed E-state index contributed by atoms with van der Waals surface area (Å²) < 4.78 is 14.9. The Labute approximate surface area is 121 Å². The molecule has 1 aromatic rings. The zero-order chi connectivity index (χ0) is 14.3. The summed E-state index contributed by atoms with van der Waals surface area (Å²) in [7, 11) is 3.03. The summed E-state index contributed by atoms with van der Waals surface area (Å²) in [6, 6.07) is 3.11. The molecule has 1 N–H and O–H groups in total. The van der Waals surface area contributed by atoms with Crippen LogP contribution in [0, 0.1) is 0 Å². The molecule has 0 unspecified atom stereocenters. The molecule has 0 aliphatic carbocycles. The summed E-state index contributed by atoms with van der Waals surface area (Å²) in [6.45, 7) is 0.728. The standard InChI is InChI=1S/C12H15Cl2NO4/c1-17-3-4-19-7-11(16)15-8-5-9(13)12(18-2)10(14)6-8/h5-6H,3-4,7H2,1-2H3,(H,15,16). The Morgan fingerprint density at radius 1 is 1.21 bits per heavy atom. The van der Waals surface area contributed by atoms with Crippen molar-refractivity contribution in [2.24, 2.45) is 0 Å². The van der Waals surface area contributed by atoms with Gasteiger partial charge in [-0.3, -0.25) is 4.79 Å². The molecule has 7 heteroatoms. The molecular weight excluding hydrogens is 293 g/mol. The van der Waals surface area contributed by atoms with E-state index in [0.29, 0.717) is 34.7 Å². The van der Waals surface area contributed by atoms with E-state index in [1.165, 1.54) is 7.11 Å². The van der Waals surface area contributed by atoms with Crippen molar-refractivity contribution in [2.75, 3.05) is 39.4 Å². The third-order valence-electron chi connectivity index (χ3n) is 2.15. The summed E-state index contributed by atoms with van der Waals surface area (Å²) in [5, 5.41) is 3.27. The van der Waals surface area contributed by atoms with Crippen LogP contribution in [0.5, 0.6) is 5.75 Å². The first-order valence-corrected chi connectivity index (χ1v) is 6.23. The summed E-state index contributed by atoms with van der Waals surface area (Å²) >= 11 is 11.9. The number of ether oxygens (including phenoxy) is 3. The van der Waals surface area contributed by atoms with Crippen molar-refractivity contribution in [1.29, 1.82) is 0 Å². The summed E-state index contributed by atoms with van der Waals surface area (Å²) in [6.07, 6.45) is 0. The lowest BCUT2D eigenvalue weighted by Crippen LogP contribution is -2.19. The lowest BCUT2D eigenvalue weighted by molar-refractivity contribution is -0.121. The quantitative estimate of drug-likeness (QED) is 0.787. The van der Waals surface area contributed by atoms with Crippen LogP contribution in [0.15, 0.2) is 12.1 Å². The van der Waals surface area contributed by atoms with E-state index >= 15 is 0 Å². The SMILES string of the molecule is COCCOCC(=O)Nc1cc(Cl)c(OC)c(Cl)c1. The number of nitrogens with one attached hydrogen (secondary N) is 1. The molecule has 0 fully saturated rings. The Bertz CT molecular complexity index is 417. The molecule has 5 nitrogen and oxygen atoms in total. The molecule has 106 valence electrons. The van der Waals surface area contributed by atoms with Gasteiger partial charge >= 0.3 is 0 Å². The first kappa shape index (κ1) is 16.0. The van der Waals surface area contributed by atoms with Gasteiger partial charge in [0, 0.05) is 12.8 Å². The Morgan fingerprint density at radius 3 is 2.37 bits per heavy atom. The van der Waals surface area contributed by atoms with Gasteiger partial charge in [-0.1, -0.05) is 23.2 Å². The molecule has 0 aliphatic rings. The molecule has 1 aromatic carbocycles. The number of rotatable bonds is 7. The van der Waals surface area contributed by atoms with E-state index in [-0.39, 0.29) is 12.5 Å². The Hall–Kier alpha value is -1.01. The van der Waals surface area contributed by atoms with Gasteiger partial charge in [0.1, 0.15) is 6.61 Å². The van der Waals surface area contributed by atoms with E-state index in [4.69, 9.17) is 37.4 Å². The number of benzene rings is 1. The minimum Gasteiger partial charge on any atom is -0.494 e. The van der Waals surface area contributed by atoms with Crippen LogP contribution in [0.1, 0.15) is 0 Å². The molecule has 19 heavy (non-hydrogen) atoms. The van der Waals surface area contributed by atoms with Gasteiger partial charge in [0.05, 0.1) is 30.4 Å². The molecule has 0 radical (unpaired) electrons. The fraction of sp³-hybridized carbons (Fsp3) is 0.417. The van der Waals surface area contributed by atoms with E-state index < -0.39 is 0 Å². The largest absolute Gasteiger partial charge is 0.494 e. The number of carbonyl (C=O) groups excluding carboxylic acids is 1.